The average molecular weight is 376 g/mol. The molecule has 0 aliphatic heterocycles. The monoisotopic (exact) mass is 376 g/mol. The largest absolute Gasteiger partial charge is 0.461 e. The van der Waals surface area contributed by atoms with Crippen molar-refractivity contribution in [1.29, 1.82) is 0 Å². The van der Waals surface area contributed by atoms with E-state index in [2.05, 4.69) is 13.8 Å². The number of esters is 1. The molecule has 0 unspecified atom stereocenters. The molecule has 0 radical (unpaired) electrons. The molecule has 3 aliphatic carbocycles. The van der Waals surface area contributed by atoms with E-state index < -0.39 is 17.6 Å². The van der Waals surface area contributed by atoms with E-state index in [0.717, 1.165) is 6.42 Å². The minimum atomic E-state index is -0.879. The Morgan fingerprint density at radius 2 is 1.89 bits per heavy atom. The Labute approximate surface area is 161 Å². The molecular weight excluding hydrogens is 344 g/mol. The number of ether oxygens (including phenoxy) is 1. The van der Waals surface area contributed by atoms with Crippen molar-refractivity contribution in [3.8, 4) is 0 Å². The Bertz CT molecular complexity index is 691. The van der Waals surface area contributed by atoms with E-state index in [1.54, 1.807) is 0 Å². The molecule has 2 bridgehead atoms. The van der Waals surface area contributed by atoms with E-state index in [-0.39, 0.29) is 40.7 Å². The second-order valence-electron chi connectivity index (χ2n) is 9.61. The molecule has 1 N–H and O–H groups in total. The van der Waals surface area contributed by atoms with Crippen molar-refractivity contribution in [1.82, 2.24) is 0 Å². The summed E-state index contributed by atoms with van der Waals surface area (Å²) in [6.07, 6.45) is 3.28. The van der Waals surface area contributed by atoms with Gasteiger partial charge in [-0.1, -0.05) is 26.8 Å². The molecule has 0 amide bonds. The molecule has 1 saturated carbocycles. The third-order valence-corrected chi connectivity index (χ3v) is 7.55. The highest BCUT2D eigenvalue weighted by atomic mass is 16.5. The first-order valence-corrected chi connectivity index (χ1v) is 10.1. The minimum absolute atomic E-state index is 0.00461. The summed E-state index contributed by atoms with van der Waals surface area (Å²) < 4.78 is 5.62. The normalized spacial score (nSPS) is 41.6. The zero-order valence-electron chi connectivity index (χ0n) is 17.1. The topological polar surface area (TPSA) is 80.7 Å². The van der Waals surface area contributed by atoms with E-state index in [9.17, 15) is 19.5 Å². The van der Waals surface area contributed by atoms with E-state index in [1.807, 2.05) is 19.9 Å². The summed E-state index contributed by atoms with van der Waals surface area (Å²) in [6, 6.07) is 0. The zero-order valence-corrected chi connectivity index (χ0v) is 17.1. The van der Waals surface area contributed by atoms with Crippen LogP contribution < -0.4 is 0 Å². The number of Topliss-reactive ketones (excluding diaryl/α,β-unsaturated/α-hetero) is 2. The molecule has 0 spiro atoms. The third kappa shape index (κ3) is 3.28. The number of aliphatic hydroxyl groups is 1. The average Bonchev–Trinajstić information content (AvgIpc) is 2.86. The van der Waals surface area contributed by atoms with Crippen LogP contribution in [0.1, 0.15) is 66.7 Å². The van der Waals surface area contributed by atoms with E-state index >= 15 is 0 Å². The summed E-state index contributed by atoms with van der Waals surface area (Å²) in [4.78, 5) is 37.8. The molecule has 5 heteroatoms. The molecule has 0 aromatic carbocycles. The smallest absolute Gasteiger partial charge is 0.302 e. The standard InChI is InChI=1S/C22H32O5/c1-12-14-6-7-18(25)22(5)17(11-16(24)15(10-14)20(12)26)21(3,4)9-8-19(22)27-13(2)23/h10,12,14,16-17,19,24H,6-9,11H2,1-5H3/t12-,14+,16+,17+,19+,22+/m0/s1. The SMILES string of the molecule is CC(=O)O[C@@H]1CCC(C)(C)[C@H]2C[C@@H](O)C3=C[C@@H](CCC(=O)[C@@]21C)[C@H](C)C3=O. The lowest BCUT2D eigenvalue weighted by Crippen LogP contribution is -2.57. The Morgan fingerprint density at radius 1 is 1.22 bits per heavy atom. The van der Waals surface area contributed by atoms with Crippen LogP contribution in [0.15, 0.2) is 11.6 Å². The van der Waals surface area contributed by atoms with Gasteiger partial charge in [-0.3, -0.25) is 14.4 Å². The van der Waals surface area contributed by atoms with Gasteiger partial charge in [0.25, 0.3) is 0 Å². The fraction of sp³-hybridized carbons (Fsp3) is 0.773. The van der Waals surface area contributed by atoms with Gasteiger partial charge in [0, 0.05) is 24.8 Å². The van der Waals surface area contributed by atoms with Gasteiger partial charge in [-0.2, -0.15) is 0 Å². The number of rotatable bonds is 1. The predicted molar refractivity (Wildman–Crippen MR) is 101 cm³/mol. The van der Waals surface area contributed by atoms with Crippen molar-refractivity contribution in [3.05, 3.63) is 11.6 Å². The van der Waals surface area contributed by atoms with Crippen LogP contribution in [0.2, 0.25) is 0 Å². The summed E-state index contributed by atoms with van der Waals surface area (Å²) in [6.45, 7) is 9.39. The lowest BCUT2D eigenvalue weighted by molar-refractivity contribution is -0.177. The molecular formula is C22H32O5. The highest BCUT2D eigenvalue weighted by molar-refractivity contribution is 6.00. The van der Waals surface area contributed by atoms with Gasteiger partial charge in [0.2, 0.25) is 0 Å². The molecule has 6 atom stereocenters. The maximum absolute atomic E-state index is 13.5. The summed E-state index contributed by atoms with van der Waals surface area (Å²) in [5.41, 5.74) is -0.540. The van der Waals surface area contributed by atoms with Crippen LogP contribution in [-0.2, 0) is 19.1 Å². The first kappa shape index (κ1) is 20.2. The Morgan fingerprint density at radius 3 is 2.52 bits per heavy atom. The number of hydrogen-bond acceptors (Lipinski definition) is 5. The molecule has 150 valence electrons. The van der Waals surface area contributed by atoms with Crippen molar-refractivity contribution >= 4 is 17.5 Å². The first-order chi connectivity index (χ1) is 12.5. The number of fused-ring (bicyclic) bond motifs is 2. The van der Waals surface area contributed by atoms with Crippen LogP contribution in [-0.4, -0.2) is 34.9 Å². The summed E-state index contributed by atoms with van der Waals surface area (Å²) in [5.74, 6) is -0.651. The summed E-state index contributed by atoms with van der Waals surface area (Å²) in [7, 11) is 0. The van der Waals surface area contributed by atoms with Crippen LogP contribution in [0.5, 0.6) is 0 Å². The van der Waals surface area contributed by atoms with Gasteiger partial charge in [0.1, 0.15) is 11.9 Å². The molecule has 0 aromatic rings. The summed E-state index contributed by atoms with van der Waals surface area (Å²) >= 11 is 0. The van der Waals surface area contributed by atoms with E-state index in [4.69, 9.17) is 4.74 Å². The van der Waals surface area contributed by atoms with Gasteiger partial charge in [0.05, 0.1) is 11.5 Å². The summed E-state index contributed by atoms with van der Waals surface area (Å²) in [5, 5.41) is 10.9. The van der Waals surface area contributed by atoms with Crippen molar-refractivity contribution < 1.29 is 24.2 Å². The number of allylic oxidation sites excluding steroid dienone is 1. The molecule has 27 heavy (non-hydrogen) atoms. The molecule has 3 aliphatic rings. The van der Waals surface area contributed by atoms with Crippen LogP contribution in [0.3, 0.4) is 0 Å². The first-order valence-electron chi connectivity index (χ1n) is 10.1. The number of hydrogen-bond donors (Lipinski definition) is 1. The van der Waals surface area contributed by atoms with Crippen LogP contribution in [0.4, 0.5) is 0 Å². The molecule has 0 aromatic heterocycles. The zero-order chi connectivity index (χ0) is 20.1. The quantitative estimate of drug-likeness (QED) is 0.711. The number of carbonyl (C=O) groups is 3. The van der Waals surface area contributed by atoms with Gasteiger partial charge < -0.3 is 9.84 Å². The van der Waals surface area contributed by atoms with Gasteiger partial charge in [-0.05, 0) is 49.9 Å². The van der Waals surface area contributed by atoms with E-state index in [0.29, 0.717) is 31.3 Å². The van der Waals surface area contributed by atoms with Gasteiger partial charge in [-0.15, -0.1) is 0 Å². The van der Waals surface area contributed by atoms with Crippen LogP contribution in [0, 0.1) is 28.6 Å². The van der Waals surface area contributed by atoms with E-state index in [1.165, 1.54) is 6.92 Å². The van der Waals surface area contributed by atoms with Gasteiger partial charge >= 0.3 is 5.97 Å². The fourth-order valence-corrected chi connectivity index (χ4v) is 5.77. The predicted octanol–water partition coefficient (Wildman–Crippen LogP) is 3.24. The number of aliphatic hydroxyl groups excluding tert-OH is 1. The second-order valence-corrected chi connectivity index (χ2v) is 9.61. The molecule has 3 rings (SSSR count). The lowest BCUT2D eigenvalue weighted by atomic mass is 9.51. The fourth-order valence-electron chi connectivity index (χ4n) is 5.77. The maximum Gasteiger partial charge on any atom is 0.302 e. The maximum atomic E-state index is 13.5. The molecule has 1 fully saturated rings. The highest BCUT2D eigenvalue weighted by Gasteiger charge is 2.58. The van der Waals surface area contributed by atoms with Crippen molar-refractivity contribution in [2.45, 2.75) is 78.9 Å². The van der Waals surface area contributed by atoms with Gasteiger partial charge in [-0.25, -0.2) is 0 Å². The Kier molecular flexibility index (Phi) is 5.13. The number of carbonyl (C=O) groups excluding carboxylic acids is 3. The van der Waals surface area contributed by atoms with Crippen LogP contribution >= 0.6 is 0 Å². The minimum Gasteiger partial charge on any atom is -0.461 e. The van der Waals surface area contributed by atoms with Crippen molar-refractivity contribution in [2.24, 2.45) is 28.6 Å². The van der Waals surface area contributed by atoms with Crippen LogP contribution in [0.25, 0.3) is 0 Å². The molecule has 0 heterocycles. The Hall–Kier alpha value is -1.49. The lowest BCUT2D eigenvalue weighted by Gasteiger charge is -2.54. The van der Waals surface area contributed by atoms with Crippen molar-refractivity contribution in [2.75, 3.05) is 0 Å². The molecule has 5 nitrogen and oxygen atoms in total. The second kappa shape index (κ2) is 6.84. The van der Waals surface area contributed by atoms with Crippen molar-refractivity contribution in [3.63, 3.8) is 0 Å². The Balaban J connectivity index is 2.06. The molecule has 0 saturated heterocycles. The number of ketones is 2. The third-order valence-electron chi connectivity index (χ3n) is 7.55. The van der Waals surface area contributed by atoms with Gasteiger partial charge in [0.15, 0.2) is 5.78 Å². The highest BCUT2D eigenvalue weighted by Crippen LogP contribution is 2.56.